The second-order valence-corrected chi connectivity index (χ2v) is 7.74. The molecule has 0 aliphatic heterocycles. The molecular formula is C18H24O4Se. The van der Waals surface area contributed by atoms with Gasteiger partial charge in [0.1, 0.15) is 0 Å². The van der Waals surface area contributed by atoms with Crippen molar-refractivity contribution in [2.75, 3.05) is 6.61 Å². The number of unbranched alkanes of at least 4 members (excludes halogenated alkanes) is 1. The fourth-order valence-electron chi connectivity index (χ4n) is 1.66. The number of hydrogen-bond donors (Lipinski definition) is 0. The summed E-state index contributed by atoms with van der Waals surface area (Å²) in [7, 11) is 0. The number of rotatable bonds is 10. The van der Waals surface area contributed by atoms with Crippen molar-refractivity contribution in [3.8, 4) is 0 Å². The van der Waals surface area contributed by atoms with E-state index < -0.39 is 0 Å². The summed E-state index contributed by atoms with van der Waals surface area (Å²) < 4.78 is 11.8. The van der Waals surface area contributed by atoms with E-state index in [1.54, 1.807) is 20.8 Å². The molecule has 126 valence electrons. The van der Waals surface area contributed by atoms with Gasteiger partial charge in [0.15, 0.2) is 0 Å². The van der Waals surface area contributed by atoms with Gasteiger partial charge in [-0.2, -0.15) is 0 Å². The Labute approximate surface area is 144 Å². The topological polar surface area (TPSA) is 52.6 Å². The van der Waals surface area contributed by atoms with Crippen molar-refractivity contribution in [3.05, 3.63) is 42.2 Å². The molecule has 0 saturated carbocycles. The molecule has 0 spiro atoms. The van der Waals surface area contributed by atoms with E-state index in [0.717, 1.165) is 17.3 Å². The molecule has 4 nitrogen and oxygen atoms in total. The molecule has 0 aliphatic carbocycles. The van der Waals surface area contributed by atoms with Gasteiger partial charge in [0.25, 0.3) is 0 Å². The second-order valence-electron chi connectivity index (χ2n) is 5.37. The zero-order chi connectivity index (χ0) is 17.1. The van der Waals surface area contributed by atoms with Crippen LogP contribution in [0.3, 0.4) is 0 Å². The third-order valence-electron chi connectivity index (χ3n) is 2.79. The monoisotopic (exact) mass is 384 g/mol. The molecular weight excluding hydrogens is 359 g/mol. The summed E-state index contributed by atoms with van der Waals surface area (Å²) in [6.45, 7) is 5.77. The maximum absolute atomic E-state index is 11.9. The molecule has 0 unspecified atom stereocenters. The molecule has 1 aromatic rings. The number of carbonyl (C=O) groups is 2. The van der Waals surface area contributed by atoms with E-state index in [1.807, 2.05) is 30.3 Å². The summed E-state index contributed by atoms with van der Waals surface area (Å²) in [5, 5.41) is 0. The number of hydrogen-bond acceptors (Lipinski definition) is 4. The van der Waals surface area contributed by atoms with Crippen LogP contribution < -0.4 is 4.46 Å². The maximum atomic E-state index is 11.9. The third-order valence-corrected chi connectivity index (χ3v) is 4.76. The first kappa shape index (κ1) is 19.5. The molecule has 1 rings (SSSR count). The quantitative estimate of drug-likeness (QED) is 0.205. The number of carbonyl (C=O) groups excluding carboxylic acids is 2. The Kier molecular flexibility index (Phi) is 9.34. The van der Waals surface area contributed by atoms with Crippen molar-refractivity contribution < 1.29 is 19.1 Å². The number of esters is 1. The SMILES string of the molecule is C/C(=C\OCCCCC(=O)[Se]c1ccccc1)C(=O)OC(C)C. The first-order valence-corrected chi connectivity index (χ1v) is 9.45. The van der Waals surface area contributed by atoms with Crippen molar-refractivity contribution in [1.29, 1.82) is 0 Å². The number of benzene rings is 1. The van der Waals surface area contributed by atoms with Crippen LogP contribution in [0.25, 0.3) is 0 Å². The van der Waals surface area contributed by atoms with E-state index in [0.29, 0.717) is 23.3 Å². The molecule has 0 bridgehead atoms. The Morgan fingerprint density at radius 3 is 2.52 bits per heavy atom. The molecule has 5 heteroatoms. The molecule has 0 radical (unpaired) electrons. The molecule has 0 aliphatic rings. The van der Waals surface area contributed by atoms with Gasteiger partial charge >= 0.3 is 144 Å². The van der Waals surface area contributed by atoms with E-state index in [2.05, 4.69) is 0 Å². The normalized spacial score (nSPS) is 11.4. The van der Waals surface area contributed by atoms with Gasteiger partial charge in [0.2, 0.25) is 0 Å². The molecule has 0 atom stereocenters. The Morgan fingerprint density at radius 2 is 1.87 bits per heavy atom. The van der Waals surface area contributed by atoms with Crippen molar-refractivity contribution in [2.45, 2.75) is 46.1 Å². The van der Waals surface area contributed by atoms with Crippen LogP contribution in [-0.4, -0.2) is 38.3 Å². The Balaban J connectivity index is 2.13. The van der Waals surface area contributed by atoms with Crippen molar-refractivity contribution in [3.63, 3.8) is 0 Å². The minimum atomic E-state index is -0.360. The standard InChI is InChI=1S/C18H24O4Se/c1-14(2)22-18(20)15(3)13-21-12-8-7-11-17(19)23-16-9-5-4-6-10-16/h4-6,9-10,13-14H,7-8,11-12H2,1-3H3/b15-13+. The average Bonchev–Trinajstić information content (AvgIpc) is 2.50. The second kappa shape index (κ2) is 11.0. The summed E-state index contributed by atoms with van der Waals surface area (Å²) in [5.41, 5.74) is 0.446. The van der Waals surface area contributed by atoms with E-state index in [4.69, 9.17) is 9.47 Å². The van der Waals surface area contributed by atoms with Gasteiger partial charge in [-0.05, 0) is 0 Å². The summed E-state index contributed by atoms with van der Waals surface area (Å²) in [6.07, 6.45) is 3.47. The van der Waals surface area contributed by atoms with Crippen LogP contribution >= 0.6 is 0 Å². The minimum absolute atomic E-state index is 0.0980. The van der Waals surface area contributed by atoms with E-state index in [-0.39, 0.29) is 27.0 Å². The summed E-state index contributed by atoms with van der Waals surface area (Å²) in [6, 6.07) is 9.85. The Morgan fingerprint density at radius 1 is 1.17 bits per heavy atom. The van der Waals surface area contributed by atoms with Gasteiger partial charge in [0.05, 0.1) is 0 Å². The molecule has 0 heterocycles. The average molecular weight is 383 g/mol. The fraction of sp³-hybridized carbons (Fsp3) is 0.444. The predicted octanol–water partition coefficient (Wildman–Crippen LogP) is 2.59. The van der Waals surface area contributed by atoms with Crippen LogP contribution in [0.5, 0.6) is 0 Å². The predicted molar refractivity (Wildman–Crippen MR) is 91.6 cm³/mol. The van der Waals surface area contributed by atoms with Gasteiger partial charge in [-0.25, -0.2) is 0 Å². The molecule has 1 aromatic carbocycles. The molecule has 0 fully saturated rings. The first-order valence-electron chi connectivity index (χ1n) is 7.74. The van der Waals surface area contributed by atoms with Gasteiger partial charge in [0, 0.05) is 0 Å². The van der Waals surface area contributed by atoms with Crippen LogP contribution in [0.15, 0.2) is 42.2 Å². The van der Waals surface area contributed by atoms with Crippen molar-refractivity contribution in [1.82, 2.24) is 0 Å². The van der Waals surface area contributed by atoms with Crippen LogP contribution in [0.2, 0.25) is 0 Å². The van der Waals surface area contributed by atoms with Crippen LogP contribution in [-0.2, 0) is 19.1 Å². The number of ether oxygens (including phenoxy) is 2. The van der Waals surface area contributed by atoms with Crippen LogP contribution in [0, 0.1) is 0 Å². The zero-order valence-corrected chi connectivity index (χ0v) is 15.6. The molecule has 0 saturated heterocycles. The third kappa shape index (κ3) is 9.21. The van der Waals surface area contributed by atoms with Crippen molar-refractivity contribution >= 4 is 30.1 Å². The van der Waals surface area contributed by atoms with Gasteiger partial charge in [-0.15, -0.1) is 0 Å². The van der Waals surface area contributed by atoms with Crippen LogP contribution in [0.1, 0.15) is 40.0 Å². The molecule has 0 aromatic heterocycles. The van der Waals surface area contributed by atoms with Gasteiger partial charge in [-0.3, -0.25) is 0 Å². The van der Waals surface area contributed by atoms with Crippen molar-refractivity contribution in [2.24, 2.45) is 0 Å². The van der Waals surface area contributed by atoms with E-state index in [1.165, 1.54) is 6.26 Å². The molecule has 23 heavy (non-hydrogen) atoms. The summed E-state index contributed by atoms with van der Waals surface area (Å²) in [5.74, 6) is -0.360. The van der Waals surface area contributed by atoms with Crippen LogP contribution in [0.4, 0.5) is 0 Å². The summed E-state index contributed by atoms with van der Waals surface area (Å²) in [4.78, 5) is 23.4. The Hall–Kier alpha value is -1.58. The van der Waals surface area contributed by atoms with Gasteiger partial charge in [-0.1, -0.05) is 0 Å². The van der Waals surface area contributed by atoms with E-state index >= 15 is 0 Å². The Bertz CT molecular complexity index is 523. The van der Waals surface area contributed by atoms with E-state index in [9.17, 15) is 9.59 Å². The van der Waals surface area contributed by atoms with Gasteiger partial charge < -0.3 is 0 Å². The summed E-state index contributed by atoms with van der Waals surface area (Å²) >= 11 is -0.0980. The zero-order valence-electron chi connectivity index (χ0n) is 13.9. The molecule has 0 amide bonds. The molecule has 0 N–H and O–H groups in total. The first-order chi connectivity index (χ1) is 11.0. The fourth-order valence-corrected chi connectivity index (χ4v) is 3.35.